The zero-order valence-electron chi connectivity index (χ0n) is 43.0. The van der Waals surface area contributed by atoms with Crippen LogP contribution in [0.25, 0.3) is 0 Å². The van der Waals surface area contributed by atoms with Crippen LogP contribution >= 0.6 is 0 Å². The van der Waals surface area contributed by atoms with Gasteiger partial charge in [0, 0.05) is 19.3 Å². The highest BCUT2D eigenvalue weighted by Crippen LogP contribution is 2.15. The van der Waals surface area contributed by atoms with Crippen molar-refractivity contribution in [3.05, 3.63) is 60.8 Å². The summed E-state index contributed by atoms with van der Waals surface area (Å²) >= 11 is 0. The smallest absolute Gasteiger partial charge is 0.306 e. The van der Waals surface area contributed by atoms with E-state index in [1.165, 1.54) is 141 Å². The van der Waals surface area contributed by atoms with Gasteiger partial charge < -0.3 is 14.2 Å². The van der Waals surface area contributed by atoms with Gasteiger partial charge in [-0.15, -0.1) is 0 Å². The zero-order chi connectivity index (χ0) is 47.2. The molecule has 0 radical (unpaired) electrons. The first-order chi connectivity index (χ1) is 32.0. The van der Waals surface area contributed by atoms with Crippen molar-refractivity contribution in [3.63, 3.8) is 0 Å². The molecule has 0 fully saturated rings. The molecule has 0 spiro atoms. The summed E-state index contributed by atoms with van der Waals surface area (Å²) in [7, 11) is 0. The molecular formula is C59H104O6. The molecule has 0 rings (SSSR count). The number of rotatable bonds is 50. The van der Waals surface area contributed by atoms with E-state index >= 15 is 0 Å². The molecule has 0 aromatic carbocycles. The molecule has 0 N–H and O–H groups in total. The van der Waals surface area contributed by atoms with Gasteiger partial charge >= 0.3 is 17.9 Å². The lowest BCUT2D eigenvalue weighted by Gasteiger charge is -2.18. The Morgan fingerprint density at radius 3 is 0.892 bits per heavy atom. The van der Waals surface area contributed by atoms with Gasteiger partial charge in [-0.25, -0.2) is 0 Å². The minimum absolute atomic E-state index is 0.0842. The second-order valence-electron chi connectivity index (χ2n) is 18.5. The molecule has 65 heavy (non-hydrogen) atoms. The molecule has 0 aliphatic carbocycles. The van der Waals surface area contributed by atoms with Gasteiger partial charge in [0.25, 0.3) is 0 Å². The summed E-state index contributed by atoms with van der Waals surface area (Å²) in [5.41, 5.74) is 0. The summed E-state index contributed by atoms with van der Waals surface area (Å²) in [4.78, 5) is 38.1. The summed E-state index contributed by atoms with van der Waals surface area (Å²) < 4.78 is 16.8. The van der Waals surface area contributed by atoms with E-state index in [1.54, 1.807) is 0 Å². The van der Waals surface area contributed by atoms with E-state index in [2.05, 4.69) is 81.5 Å². The lowest BCUT2D eigenvalue weighted by Crippen LogP contribution is -2.30. The molecular weight excluding hydrogens is 805 g/mol. The molecule has 0 aromatic rings. The number of allylic oxidation sites excluding steroid dienone is 10. The maximum Gasteiger partial charge on any atom is 0.306 e. The van der Waals surface area contributed by atoms with E-state index in [1.807, 2.05) is 0 Å². The van der Waals surface area contributed by atoms with Crippen LogP contribution in [0.1, 0.15) is 278 Å². The van der Waals surface area contributed by atoms with Gasteiger partial charge in [-0.3, -0.25) is 14.4 Å². The predicted molar refractivity (Wildman–Crippen MR) is 279 cm³/mol. The zero-order valence-corrected chi connectivity index (χ0v) is 43.0. The fourth-order valence-corrected chi connectivity index (χ4v) is 7.73. The maximum absolute atomic E-state index is 12.8. The van der Waals surface area contributed by atoms with Crippen molar-refractivity contribution in [2.24, 2.45) is 0 Å². The number of carbonyl (C=O) groups is 3. The Kier molecular flexibility index (Phi) is 51.3. The van der Waals surface area contributed by atoms with Gasteiger partial charge in [-0.1, -0.05) is 210 Å². The molecule has 0 aliphatic heterocycles. The van der Waals surface area contributed by atoms with E-state index < -0.39 is 6.10 Å². The lowest BCUT2D eigenvalue weighted by atomic mass is 10.1. The summed E-state index contributed by atoms with van der Waals surface area (Å²) in [6.45, 7) is 6.57. The monoisotopic (exact) mass is 909 g/mol. The van der Waals surface area contributed by atoms with Crippen LogP contribution in [0.5, 0.6) is 0 Å². The fraction of sp³-hybridized carbons (Fsp3) is 0.780. The van der Waals surface area contributed by atoms with Crippen LogP contribution < -0.4 is 0 Å². The summed E-state index contributed by atoms with van der Waals surface area (Å²) in [6, 6.07) is 0. The van der Waals surface area contributed by atoms with E-state index in [0.717, 1.165) is 96.3 Å². The third-order valence-corrected chi connectivity index (χ3v) is 12.0. The Bertz CT molecular complexity index is 1180. The predicted octanol–water partition coefficient (Wildman–Crippen LogP) is 18.4. The van der Waals surface area contributed by atoms with Crippen molar-refractivity contribution >= 4 is 17.9 Å². The molecule has 0 amide bonds. The van der Waals surface area contributed by atoms with Gasteiger partial charge in [0.2, 0.25) is 0 Å². The number of carbonyl (C=O) groups excluding carboxylic acids is 3. The third kappa shape index (κ3) is 51.9. The Balaban J connectivity index is 4.38. The molecule has 0 aliphatic rings. The number of unbranched alkanes of at least 4 members (excludes halogenated alkanes) is 29. The number of esters is 3. The standard InChI is InChI=1S/C59H104O6/c1-4-7-10-13-16-19-22-25-27-28-29-30-32-34-37-40-43-46-49-52-58(61)64-55-56(54-63-57(60)51-48-45-42-39-36-33-24-21-18-15-12-9-6-3)65-59(62)53-50-47-44-41-38-35-31-26-23-20-17-14-11-8-5-2/h16-17,19-21,24-27,31,56H,4-15,18,22-23,28-30,32-55H2,1-3H3/b19-16-,20-17-,24-21-,27-25-,31-26-. The molecule has 0 heterocycles. The molecule has 376 valence electrons. The van der Waals surface area contributed by atoms with Crippen LogP contribution in [0.3, 0.4) is 0 Å². The first kappa shape index (κ1) is 62.1. The normalized spacial score (nSPS) is 12.5. The lowest BCUT2D eigenvalue weighted by molar-refractivity contribution is -0.167. The Labute approximate surface area is 402 Å². The van der Waals surface area contributed by atoms with Crippen LogP contribution in [0.15, 0.2) is 60.8 Å². The Hall–Kier alpha value is -2.89. The fourth-order valence-electron chi connectivity index (χ4n) is 7.73. The highest BCUT2D eigenvalue weighted by molar-refractivity contribution is 5.71. The minimum atomic E-state index is -0.786. The van der Waals surface area contributed by atoms with Crippen LogP contribution in [0.2, 0.25) is 0 Å². The third-order valence-electron chi connectivity index (χ3n) is 12.0. The SMILES string of the molecule is CCCCC/C=C\C/C=C\CCCCCCCCCCCC(=O)OCC(COC(=O)CCCCCCC/C=C\CCCCCC)OC(=O)CCCCCCC/C=C\C/C=C\CCCCC. The highest BCUT2D eigenvalue weighted by Gasteiger charge is 2.19. The van der Waals surface area contributed by atoms with Crippen molar-refractivity contribution < 1.29 is 28.6 Å². The number of hydrogen-bond acceptors (Lipinski definition) is 6. The van der Waals surface area contributed by atoms with Gasteiger partial charge in [0.1, 0.15) is 13.2 Å². The highest BCUT2D eigenvalue weighted by atomic mass is 16.6. The molecule has 0 bridgehead atoms. The van der Waals surface area contributed by atoms with Crippen molar-refractivity contribution in [3.8, 4) is 0 Å². The van der Waals surface area contributed by atoms with Crippen molar-refractivity contribution in [2.75, 3.05) is 13.2 Å². The summed E-state index contributed by atoms with van der Waals surface area (Å²) in [6.07, 6.45) is 66.3. The van der Waals surface area contributed by atoms with Gasteiger partial charge in [0.15, 0.2) is 6.10 Å². The van der Waals surface area contributed by atoms with E-state index in [-0.39, 0.29) is 31.1 Å². The second-order valence-corrected chi connectivity index (χ2v) is 18.5. The largest absolute Gasteiger partial charge is 0.462 e. The molecule has 1 unspecified atom stereocenters. The maximum atomic E-state index is 12.8. The molecule has 0 saturated carbocycles. The molecule has 0 saturated heterocycles. The quantitative estimate of drug-likeness (QED) is 0.0262. The molecule has 6 nitrogen and oxygen atoms in total. The minimum Gasteiger partial charge on any atom is -0.462 e. The first-order valence-corrected chi connectivity index (χ1v) is 27.8. The molecule has 1 atom stereocenters. The van der Waals surface area contributed by atoms with E-state index in [4.69, 9.17) is 14.2 Å². The van der Waals surface area contributed by atoms with E-state index in [9.17, 15) is 14.4 Å². The van der Waals surface area contributed by atoms with Crippen molar-refractivity contribution in [2.45, 2.75) is 284 Å². The summed E-state index contributed by atoms with van der Waals surface area (Å²) in [5, 5.41) is 0. The first-order valence-electron chi connectivity index (χ1n) is 27.8. The van der Waals surface area contributed by atoms with E-state index in [0.29, 0.717) is 19.3 Å². The average Bonchev–Trinajstić information content (AvgIpc) is 3.30. The number of hydrogen-bond donors (Lipinski definition) is 0. The van der Waals surface area contributed by atoms with Crippen molar-refractivity contribution in [1.29, 1.82) is 0 Å². The van der Waals surface area contributed by atoms with Crippen molar-refractivity contribution in [1.82, 2.24) is 0 Å². The second kappa shape index (κ2) is 53.7. The Morgan fingerprint density at radius 2 is 0.554 bits per heavy atom. The van der Waals surface area contributed by atoms with Gasteiger partial charge in [-0.05, 0) is 109 Å². The average molecular weight is 909 g/mol. The molecule has 6 heteroatoms. The van der Waals surface area contributed by atoms with Crippen LogP contribution in [-0.2, 0) is 28.6 Å². The van der Waals surface area contributed by atoms with Crippen LogP contribution in [0.4, 0.5) is 0 Å². The summed E-state index contributed by atoms with van der Waals surface area (Å²) in [5.74, 6) is -0.903. The topological polar surface area (TPSA) is 78.9 Å². The Morgan fingerprint density at radius 1 is 0.308 bits per heavy atom. The molecule has 0 aromatic heterocycles. The van der Waals surface area contributed by atoms with Gasteiger partial charge in [0.05, 0.1) is 0 Å². The van der Waals surface area contributed by atoms with Gasteiger partial charge in [-0.2, -0.15) is 0 Å². The number of ether oxygens (including phenoxy) is 3. The van der Waals surface area contributed by atoms with Crippen LogP contribution in [-0.4, -0.2) is 37.2 Å². The van der Waals surface area contributed by atoms with Crippen LogP contribution in [0, 0.1) is 0 Å².